The van der Waals surface area contributed by atoms with Crippen LogP contribution in [0.2, 0.25) is 0 Å². The predicted molar refractivity (Wildman–Crippen MR) is 123 cm³/mol. The van der Waals surface area contributed by atoms with E-state index < -0.39 is 21.5 Å². The third-order valence-electron chi connectivity index (χ3n) is 5.89. The minimum Gasteiger partial charge on any atom is -0.748 e. The van der Waals surface area contributed by atoms with Gasteiger partial charge in [-0.15, -0.1) is 0 Å². The Kier molecular flexibility index (Phi) is 25.4. The minimum absolute atomic E-state index is 0. The van der Waals surface area contributed by atoms with E-state index in [1.807, 2.05) is 0 Å². The number of rotatable bonds is 22. The van der Waals surface area contributed by atoms with Crippen LogP contribution in [0, 0.1) is 0 Å². The number of aliphatic hydroxyl groups is 1. The number of aliphatic hydroxyl groups excluding tert-OH is 1. The summed E-state index contributed by atoms with van der Waals surface area (Å²) >= 11 is 0. The molecule has 0 aromatic heterocycles. The van der Waals surface area contributed by atoms with Crippen LogP contribution in [0.15, 0.2) is 0 Å². The summed E-state index contributed by atoms with van der Waals surface area (Å²) in [5.74, 6) is 0. The normalized spacial score (nSPS) is 13.7. The molecule has 0 aliphatic carbocycles. The van der Waals surface area contributed by atoms with Crippen LogP contribution in [0.4, 0.5) is 0 Å². The molecule has 176 valence electrons. The summed E-state index contributed by atoms with van der Waals surface area (Å²) < 4.78 is 33.6. The molecule has 0 aromatic carbocycles. The van der Waals surface area contributed by atoms with Crippen LogP contribution >= 0.6 is 0 Å². The van der Waals surface area contributed by atoms with Crippen LogP contribution in [-0.2, 0) is 10.1 Å². The predicted octanol–water partition coefficient (Wildman–Crippen LogP) is 4.11. The molecule has 2 unspecified atom stereocenters. The third-order valence-corrected chi connectivity index (χ3v) is 7.14. The van der Waals surface area contributed by atoms with Crippen LogP contribution in [0.5, 0.6) is 0 Å². The molecule has 0 aliphatic rings. The number of hydrogen-bond donors (Lipinski definition) is 1. The zero-order valence-corrected chi connectivity index (χ0v) is 23.2. The summed E-state index contributed by atoms with van der Waals surface area (Å²) in [5, 5.41) is 8.41. The van der Waals surface area contributed by atoms with Crippen molar-refractivity contribution in [1.82, 2.24) is 0 Å². The van der Waals surface area contributed by atoms with Crippen molar-refractivity contribution in [2.45, 2.75) is 154 Å². The minimum atomic E-state index is -4.29. The van der Waals surface area contributed by atoms with Gasteiger partial charge in [0.05, 0.1) is 21.5 Å². The Balaban J connectivity index is 0. The molecule has 30 heavy (non-hydrogen) atoms. The first-order chi connectivity index (χ1) is 13.9. The van der Waals surface area contributed by atoms with Crippen molar-refractivity contribution in [1.29, 1.82) is 0 Å². The van der Waals surface area contributed by atoms with Gasteiger partial charge in [0, 0.05) is 0 Å². The van der Waals surface area contributed by atoms with Crippen molar-refractivity contribution in [3.8, 4) is 0 Å². The average molecular weight is 457 g/mol. The van der Waals surface area contributed by atoms with Crippen LogP contribution in [0.25, 0.3) is 0 Å². The second-order valence-corrected chi connectivity index (χ2v) is 10.7. The van der Waals surface area contributed by atoms with Crippen LogP contribution in [0.3, 0.4) is 0 Å². The van der Waals surface area contributed by atoms with E-state index in [-0.39, 0.29) is 36.0 Å². The summed E-state index contributed by atoms with van der Waals surface area (Å²) in [6.45, 7) is 3.80. The van der Waals surface area contributed by atoms with E-state index in [0.717, 1.165) is 19.3 Å². The fourth-order valence-electron chi connectivity index (χ4n) is 4.03. The first kappa shape index (κ1) is 33.0. The first-order valence-corrected chi connectivity index (χ1v) is 14.0. The van der Waals surface area contributed by atoms with Gasteiger partial charge in [0.1, 0.15) is 0 Å². The second-order valence-electron chi connectivity index (χ2n) is 9.00. The van der Waals surface area contributed by atoms with E-state index in [0.29, 0.717) is 6.42 Å². The molecule has 0 rings (SSSR count). The van der Waals surface area contributed by atoms with Gasteiger partial charge in [-0.3, -0.25) is 0 Å². The smallest absolute Gasteiger partial charge is 0.748 e. The molecule has 2 atom stereocenters. The van der Waals surface area contributed by atoms with Gasteiger partial charge in [0.2, 0.25) is 0 Å². The largest absolute Gasteiger partial charge is 1.00 e. The van der Waals surface area contributed by atoms with Crippen LogP contribution < -0.4 is 29.6 Å². The maximum absolute atomic E-state index is 11.2. The van der Waals surface area contributed by atoms with E-state index in [4.69, 9.17) is 0 Å². The maximum atomic E-state index is 11.2. The van der Waals surface area contributed by atoms with Crippen molar-refractivity contribution in [3.05, 3.63) is 0 Å². The molecular weight excluding hydrogens is 407 g/mol. The molecule has 6 heteroatoms. The molecule has 0 bridgehead atoms. The molecule has 0 aliphatic heterocycles. The molecule has 0 amide bonds. The topological polar surface area (TPSA) is 77.4 Å². The van der Waals surface area contributed by atoms with Gasteiger partial charge in [-0.1, -0.05) is 122 Å². The van der Waals surface area contributed by atoms with Gasteiger partial charge >= 0.3 is 29.6 Å². The quantitative estimate of drug-likeness (QED) is 0.151. The van der Waals surface area contributed by atoms with Gasteiger partial charge in [0.15, 0.2) is 0 Å². The molecule has 0 saturated heterocycles. The van der Waals surface area contributed by atoms with E-state index >= 15 is 0 Å². The Bertz CT molecular complexity index is 440. The van der Waals surface area contributed by atoms with E-state index in [1.54, 1.807) is 0 Å². The Morgan fingerprint density at radius 1 is 0.667 bits per heavy atom. The zero-order chi connectivity index (χ0) is 21.8. The number of unbranched alkanes of at least 4 members (excludes halogenated alkanes) is 17. The van der Waals surface area contributed by atoms with Gasteiger partial charge in [-0.2, -0.15) is 0 Å². The van der Waals surface area contributed by atoms with Crippen molar-refractivity contribution >= 4 is 10.1 Å². The zero-order valence-electron chi connectivity index (χ0n) is 20.4. The van der Waals surface area contributed by atoms with Crippen molar-refractivity contribution in [3.63, 3.8) is 0 Å². The van der Waals surface area contributed by atoms with E-state index in [1.165, 1.54) is 103 Å². The summed E-state index contributed by atoms with van der Waals surface area (Å²) in [6, 6.07) is 0. The summed E-state index contributed by atoms with van der Waals surface area (Å²) in [7, 11) is -4.29. The van der Waals surface area contributed by atoms with Gasteiger partial charge in [-0.05, 0) is 19.8 Å². The van der Waals surface area contributed by atoms with Crippen LogP contribution in [0.1, 0.15) is 142 Å². The molecule has 0 radical (unpaired) electrons. The third kappa shape index (κ3) is 23.5. The van der Waals surface area contributed by atoms with Gasteiger partial charge in [-0.25, -0.2) is 8.42 Å². The summed E-state index contributed by atoms with van der Waals surface area (Å²) in [4.78, 5) is 0. The van der Waals surface area contributed by atoms with Crippen molar-refractivity contribution < 1.29 is 47.6 Å². The first-order valence-electron chi connectivity index (χ1n) is 12.5. The summed E-state index contributed by atoms with van der Waals surface area (Å²) in [6.07, 6.45) is 23.0. The Morgan fingerprint density at radius 2 is 0.967 bits per heavy atom. The van der Waals surface area contributed by atoms with E-state index in [2.05, 4.69) is 6.92 Å². The monoisotopic (exact) mass is 456 g/mol. The SMILES string of the molecule is CCCCCCCCCCCCCCCCCCCCC(CC(C)O)S(=O)(=O)[O-].[Na+]. The molecule has 0 saturated carbocycles. The Hall–Kier alpha value is 0.870. The van der Waals surface area contributed by atoms with E-state index in [9.17, 15) is 18.1 Å². The number of hydrogen-bond acceptors (Lipinski definition) is 4. The molecular formula is C24H49NaO4S. The maximum Gasteiger partial charge on any atom is 1.00 e. The fraction of sp³-hybridized carbons (Fsp3) is 1.00. The molecule has 0 heterocycles. The standard InChI is InChI=1S/C24H50O4S.Na/c1-3-4-5-6-7-8-9-10-11-12-13-14-15-16-17-18-19-20-21-24(22-23(2)25)29(26,27)28;/h23-25H,3-22H2,1-2H3,(H,26,27,28);/q;+1/p-1. The molecule has 0 aromatic rings. The van der Waals surface area contributed by atoms with Gasteiger partial charge < -0.3 is 9.66 Å². The molecule has 0 fully saturated rings. The molecule has 4 nitrogen and oxygen atoms in total. The molecule has 0 spiro atoms. The average Bonchev–Trinajstić information content (AvgIpc) is 2.65. The van der Waals surface area contributed by atoms with Crippen LogP contribution in [-0.4, -0.2) is 29.4 Å². The molecule has 1 N–H and O–H groups in total. The second kappa shape index (κ2) is 23.0. The van der Waals surface area contributed by atoms with Crippen molar-refractivity contribution in [2.75, 3.05) is 0 Å². The Morgan fingerprint density at radius 3 is 1.23 bits per heavy atom. The Labute approximate surface area is 210 Å². The van der Waals surface area contributed by atoms with Crippen molar-refractivity contribution in [2.24, 2.45) is 0 Å². The van der Waals surface area contributed by atoms with Gasteiger partial charge in [0.25, 0.3) is 0 Å². The fourth-order valence-corrected chi connectivity index (χ4v) is 5.00. The summed E-state index contributed by atoms with van der Waals surface area (Å²) in [5.41, 5.74) is 0.